The van der Waals surface area contributed by atoms with Gasteiger partial charge in [-0.1, -0.05) is 18.6 Å². The fraction of sp³-hybridized carbons (Fsp3) is 0.545. The van der Waals surface area contributed by atoms with Gasteiger partial charge in [-0.3, -0.25) is 9.69 Å². The Labute approximate surface area is 172 Å². The molecule has 2 N–H and O–H groups in total. The molecule has 1 aromatic carbocycles. The Balaban J connectivity index is 1.72. The third kappa shape index (κ3) is 7.86. The van der Waals surface area contributed by atoms with Crippen molar-refractivity contribution < 1.29 is 19.7 Å². The van der Waals surface area contributed by atoms with Gasteiger partial charge in [-0.15, -0.1) is 0 Å². The molecule has 2 rings (SSSR count). The van der Waals surface area contributed by atoms with E-state index >= 15 is 0 Å². The van der Waals surface area contributed by atoms with Crippen LogP contribution in [0.5, 0.6) is 5.75 Å². The van der Waals surface area contributed by atoms with Gasteiger partial charge in [0.1, 0.15) is 12.0 Å². The van der Waals surface area contributed by atoms with Crippen LogP contribution in [0.15, 0.2) is 29.8 Å². The van der Waals surface area contributed by atoms with Gasteiger partial charge in [-0.05, 0) is 50.1 Å². The third-order valence-electron chi connectivity index (χ3n) is 5.04. The lowest BCUT2D eigenvalue weighted by atomic mass is 10.1. The smallest absolute Gasteiger partial charge is 0.305 e. The molecule has 0 radical (unpaired) electrons. The highest BCUT2D eigenvalue weighted by molar-refractivity contribution is 5.69. The standard InChI is InChI=1S/C22H31N3O4/c1-2-29-21(27)6-4-3-5-11-24-12-14-25(15-13-24)22(28)19(17-23)16-18-7-9-20(26)10-8-18/h7-10,16,22,26,28H,2-6,11-15H2,1H3/b19-16+. The molecule has 0 aliphatic carbocycles. The van der Waals surface area contributed by atoms with E-state index in [9.17, 15) is 20.3 Å². The number of unbranched alkanes of at least 4 members (excludes halogenated alkanes) is 2. The predicted molar refractivity (Wildman–Crippen MR) is 111 cm³/mol. The van der Waals surface area contributed by atoms with Crippen molar-refractivity contribution in [3.05, 3.63) is 35.4 Å². The first-order valence-corrected chi connectivity index (χ1v) is 10.2. The van der Waals surface area contributed by atoms with Gasteiger partial charge in [0.25, 0.3) is 0 Å². The molecule has 1 aromatic rings. The number of phenolic OH excluding ortho intramolecular Hbond substituents is 1. The lowest BCUT2D eigenvalue weighted by molar-refractivity contribution is -0.143. The maximum Gasteiger partial charge on any atom is 0.305 e. The lowest BCUT2D eigenvalue weighted by Crippen LogP contribution is -2.50. The minimum atomic E-state index is -0.930. The van der Waals surface area contributed by atoms with Crippen molar-refractivity contribution in [2.45, 2.75) is 38.8 Å². The Morgan fingerprint density at radius 3 is 2.52 bits per heavy atom. The molecule has 0 aromatic heterocycles. The molecule has 1 atom stereocenters. The van der Waals surface area contributed by atoms with Gasteiger partial charge in [-0.25, -0.2) is 0 Å². The van der Waals surface area contributed by atoms with E-state index in [1.54, 1.807) is 30.3 Å². The van der Waals surface area contributed by atoms with Crippen LogP contribution < -0.4 is 0 Å². The maximum atomic E-state index is 11.3. The average Bonchev–Trinajstić information content (AvgIpc) is 2.73. The zero-order valence-corrected chi connectivity index (χ0v) is 17.1. The van der Waals surface area contributed by atoms with E-state index in [1.165, 1.54) is 0 Å². The average molecular weight is 402 g/mol. The van der Waals surface area contributed by atoms with Gasteiger partial charge in [-0.2, -0.15) is 5.26 Å². The summed E-state index contributed by atoms with van der Waals surface area (Å²) in [5.41, 5.74) is 1.06. The van der Waals surface area contributed by atoms with Gasteiger partial charge in [0.2, 0.25) is 0 Å². The minimum Gasteiger partial charge on any atom is -0.508 e. The highest BCUT2D eigenvalue weighted by Crippen LogP contribution is 2.17. The number of carbonyl (C=O) groups is 1. The summed E-state index contributed by atoms with van der Waals surface area (Å²) in [5, 5.41) is 29.4. The normalized spacial score (nSPS) is 16.9. The van der Waals surface area contributed by atoms with Gasteiger partial charge in [0.15, 0.2) is 0 Å². The van der Waals surface area contributed by atoms with Crippen LogP contribution in [0.1, 0.15) is 38.2 Å². The molecule has 1 heterocycles. The molecular weight excluding hydrogens is 370 g/mol. The first-order valence-electron chi connectivity index (χ1n) is 10.2. The lowest BCUT2D eigenvalue weighted by Gasteiger charge is -2.37. The van der Waals surface area contributed by atoms with E-state index in [4.69, 9.17) is 4.74 Å². The quantitative estimate of drug-likeness (QED) is 0.353. The van der Waals surface area contributed by atoms with Gasteiger partial charge in [0, 0.05) is 32.6 Å². The summed E-state index contributed by atoms with van der Waals surface area (Å²) in [6.45, 7) is 6.29. The first-order chi connectivity index (χ1) is 14.0. The number of carbonyl (C=O) groups excluding carboxylic acids is 1. The van der Waals surface area contributed by atoms with Gasteiger partial charge < -0.3 is 19.8 Å². The molecule has 0 saturated carbocycles. The largest absolute Gasteiger partial charge is 0.508 e. The Kier molecular flexibility index (Phi) is 9.65. The number of esters is 1. The Morgan fingerprint density at radius 2 is 1.90 bits per heavy atom. The topological polar surface area (TPSA) is 97.0 Å². The number of hydrogen-bond acceptors (Lipinski definition) is 7. The zero-order valence-electron chi connectivity index (χ0n) is 17.1. The minimum absolute atomic E-state index is 0.122. The van der Waals surface area contributed by atoms with Crippen molar-refractivity contribution in [1.82, 2.24) is 9.80 Å². The van der Waals surface area contributed by atoms with Crippen molar-refractivity contribution >= 4 is 12.0 Å². The molecule has 7 heteroatoms. The van der Waals surface area contributed by atoms with Crippen LogP contribution in [-0.4, -0.2) is 71.5 Å². The number of nitrogens with zero attached hydrogens (tertiary/aromatic N) is 3. The van der Waals surface area contributed by atoms with Crippen LogP contribution in [0.2, 0.25) is 0 Å². The summed E-state index contributed by atoms with van der Waals surface area (Å²) in [7, 11) is 0. The third-order valence-corrected chi connectivity index (χ3v) is 5.04. The fourth-order valence-electron chi connectivity index (χ4n) is 3.36. The van der Waals surface area contributed by atoms with E-state index in [0.717, 1.165) is 44.5 Å². The Hall–Kier alpha value is -2.40. The monoisotopic (exact) mass is 401 g/mol. The molecule has 29 heavy (non-hydrogen) atoms. The molecule has 158 valence electrons. The second-order valence-corrected chi connectivity index (χ2v) is 7.17. The highest BCUT2D eigenvalue weighted by atomic mass is 16.5. The van der Waals surface area contributed by atoms with Crippen LogP contribution in [0.3, 0.4) is 0 Å². The highest BCUT2D eigenvalue weighted by Gasteiger charge is 2.24. The van der Waals surface area contributed by atoms with E-state index in [0.29, 0.717) is 31.7 Å². The molecular formula is C22H31N3O4. The number of piperazine rings is 1. The first kappa shape index (κ1) is 22.9. The number of aliphatic hydroxyl groups excluding tert-OH is 1. The van der Waals surface area contributed by atoms with Crippen LogP contribution in [0.25, 0.3) is 6.08 Å². The SMILES string of the molecule is CCOC(=O)CCCCCN1CCN(C(O)/C(C#N)=C/c2ccc(O)cc2)CC1. The molecule has 1 aliphatic rings. The number of benzene rings is 1. The molecule has 1 unspecified atom stereocenters. The number of rotatable bonds is 10. The number of phenols is 1. The number of aromatic hydroxyl groups is 1. The predicted octanol–water partition coefficient (Wildman–Crippen LogP) is 2.36. The summed E-state index contributed by atoms with van der Waals surface area (Å²) in [6, 6.07) is 8.62. The molecule has 1 fully saturated rings. The van der Waals surface area contributed by atoms with Crippen LogP contribution in [0.4, 0.5) is 0 Å². The number of nitriles is 1. The van der Waals surface area contributed by atoms with Crippen molar-refractivity contribution in [1.29, 1.82) is 5.26 Å². The van der Waals surface area contributed by atoms with Crippen LogP contribution >= 0.6 is 0 Å². The second kappa shape index (κ2) is 12.2. The fourth-order valence-corrected chi connectivity index (χ4v) is 3.36. The van der Waals surface area contributed by atoms with Crippen LogP contribution in [-0.2, 0) is 9.53 Å². The van der Waals surface area contributed by atoms with Gasteiger partial charge in [0.05, 0.1) is 18.2 Å². The Morgan fingerprint density at radius 1 is 1.21 bits per heavy atom. The summed E-state index contributed by atoms with van der Waals surface area (Å²) >= 11 is 0. The molecule has 7 nitrogen and oxygen atoms in total. The van der Waals surface area contributed by atoms with Crippen LogP contribution in [0, 0.1) is 11.3 Å². The second-order valence-electron chi connectivity index (χ2n) is 7.17. The number of hydrogen-bond donors (Lipinski definition) is 2. The molecule has 1 saturated heterocycles. The van der Waals surface area contributed by atoms with E-state index in [-0.39, 0.29) is 11.7 Å². The summed E-state index contributed by atoms with van der Waals surface area (Å²) in [6.07, 6.45) is 4.09. The molecule has 1 aliphatic heterocycles. The Bertz CT molecular complexity index is 704. The maximum absolute atomic E-state index is 11.3. The van der Waals surface area contributed by atoms with E-state index in [1.807, 2.05) is 11.8 Å². The number of aliphatic hydroxyl groups is 1. The summed E-state index contributed by atoms with van der Waals surface area (Å²) in [4.78, 5) is 15.6. The molecule has 0 amide bonds. The van der Waals surface area contributed by atoms with Crippen molar-refractivity contribution in [3.63, 3.8) is 0 Å². The van der Waals surface area contributed by atoms with Crippen molar-refractivity contribution in [2.24, 2.45) is 0 Å². The summed E-state index contributed by atoms with van der Waals surface area (Å²) in [5.74, 6) is 0.0435. The zero-order chi connectivity index (χ0) is 21.1. The van der Waals surface area contributed by atoms with Crippen molar-refractivity contribution in [2.75, 3.05) is 39.3 Å². The summed E-state index contributed by atoms with van der Waals surface area (Å²) < 4.78 is 4.93. The molecule has 0 bridgehead atoms. The van der Waals surface area contributed by atoms with Crippen molar-refractivity contribution in [3.8, 4) is 11.8 Å². The van der Waals surface area contributed by atoms with Gasteiger partial charge >= 0.3 is 5.97 Å². The number of ether oxygens (including phenoxy) is 1. The molecule has 0 spiro atoms. The van der Waals surface area contributed by atoms with E-state index in [2.05, 4.69) is 11.0 Å². The van der Waals surface area contributed by atoms with E-state index < -0.39 is 6.23 Å².